The van der Waals surface area contributed by atoms with Crippen molar-refractivity contribution in [3.8, 4) is 0 Å². The number of rotatable bonds is 13. The molecular formula is C35H59N5O4. The Balaban J connectivity index is 2.20. The van der Waals surface area contributed by atoms with Crippen LogP contribution in [0.15, 0.2) is 30.3 Å². The Kier molecular flexibility index (Phi) is 13.0. The van der Waals surface area contributed by atoms with Gasteiger partial charge in [0.25, 0.3) is 0 Å². The van der Waals surface area contributed by atoms with E-state index in [9.17, 15) is 19.2 Å². The molecule has 1 heterocycles. The lowest BCUT2D eigenvalue weighted by molar-refractivity contribution is -0.144. The lowest BCUT2D eigenvalue weighted by atomic mass is 9.71. The van der Waals surface area contributed by atoms with Crippen molar-refractivity contribution in [3.05, 3.63) is 35.9 Å². The van der Waals surface area contributed by atoms with Crippen LogP contribution in [0.2, 0.25) is 0 Å². The summed E-state index contributed by atoms with van der Waals surface area (Å²) in [5, 5.41) is 3.17. The van der Waals surface area contributed by atoms with Gasteiger partial charge in [0.2, 0.25) is 23.6 Å². The van der Waals surface area contributed by atoms with Crippen LogP contribution in [0, 0.1) is 17.3 Å². The Labute approximate surface area is 266 Å². The number of likely N-dealkylation sites (N-methyl/N-ethyl adjacent to an activating group) is 3. The van der Waals surface area contributed by atoms with Gasteiger partial charge in [0.1, 0.15) is 12.1 Å². The van der Waals surface area contributed by atoms with Crippen molar-refractivity contribution in [1.29, 1.82) is 0 Å². The quantitative estimate of drug-likeness (QED) is 0.363. The van der Waals surface area contributed by atoms with Crippen LogP contribution in [0.1, 0.15) is 80.2 Å². The molecule has 1 fully saturated rings. The number of carbonyl (C=O) groups excluding carboxylic acids is 4. The van der Waals surface area contributed by atoms with Crippen LogP contribution in [0.5, 0.6) is 0 Å². The maximum atomic E-state index is 14.2. The Morgan fingerprint density at radius 3 is 2.07 bits per heavy atom. The first kappa shape index (κ1) is 37.2. The van der Waals surface area contributed by atoms with E-state index in [0.29, 0.717) is 25.9 Å². The fourth-order valence-corrected chi connectivity index (χ4v) is 6.46. The van der Waals surface area contributed by atoms with Crippen molar-refractivity contribution >= 4 is 23.6 Å². The monoisotopic (exact) mass is 613 g/mol. The van der Waals surface area contributed by atoms with Crippen LogP contribution in [-0.4, -0.2) is 109 Å². The standard InChI is InChI=1S/C35H59N5O4/c1-13-26(35(7,8)25-18-15-14-16-19-25)31(42)36-30(34(4,5)6)33(44)39(12)28(24(2)3)22-38(11)23-29(41)40-21-17-20-27(40)32(43)37(9)10/h14-16,18-19,24,26-28,30H,13,17,20-23H2,1-12H3,(H,36,42)/t26-,27+,28-,30-/m1/s1. The molecule has 1 aliphatic rings. The fourth-order valence-electron chi connectivity index (χ4n) is 6.46. The summed E-state index contributed by atoms with van der Waals surface area (Å²) < 4.78 is 0. The minimum atomic E-state index is -0.726. The molecule has 1 saturated heterocycles. The van der Waals surface area contributed by atoms with Crippen LogP contribution in [-0.2, 0) is 24.6 Å². The highest BCUT2D eigenvalue weighted by Gasteiger charge is 2.42. The zero-order valence-corrected chi connectivity index (χ0v) is 29.4. The maximum Gasteiger partial charge on any atom is 0.245 e. The molecule has 9 heteroatoms. The number of carbonyl (C=O) groups is 4. The Morgan fingerprint density at radius 1 is 0.977 bits per heavy atom. The largest absolute Gasteiger partial charge is 0.347 e. The molecule has 248 valence electrons. The van der Waals surface area contributed by atoms with Gasteiger partial charge in [-0.05, 0) is 43.2 Å². The van der Waals surface area contributed by atoms with Gasteiger partial charge in [0, 0.05) is 51.6 Å². The topological polar surface area (TPSA) is 93.3 Å². The number of hydrogen-bond donors (Lipinski definition) is 1. The second-order valence-electron chi connectivity index (χ2n) is 14.8. The predicted molar refractivity (Wildman–Crippen MR) is 177 cm³/mol. The van der Waals surface area contributed by atoms with Crippen LogP contribution in [0.4, 0.5) is 0 Å². The van der Waals surface area contributed by atoms with E-state index >= 15 is 0 Å². The zero-order chi connectivity index (χ0) is 33.6. The second-order valence-corrected chi connectivity index (χ2v) is 14.8. The molecule has 0 unspecified atom stereocenters. The van der Waals surface area contributed by atoms with E-state index < -0.39 is 22.9 Å². The maximum absolute atomic E-state index is 14.2. The average molecular weight is 614 g/mol. The molecule has 2 rings (SSSR count). The molecule has 0 spiro atoms. The third-order valence-electron chi connectivity index (χ3n) is 9.33. The van der Waals surface area contributed by atoms with Crippen molar-refractivity contribution in [3.63, 3.8) is 0 Å². The zero-order valence-electron chi connectivity index (χ0n) is 29.4. The lowest BCUT2D eigenvalue weighted by Crippen LogP contribution is -2.59. The normalized spacial score (nSPS) is 17.8. The van der Waals surface area contributed by atoms with Gasteiger partial charge in [0.05, 0.1) is 6.54 Å². The molecule has 9 nitrogen and oxygen atoms in total. The highest BCUT2D eigenvalue weighted by Crippen LogP contribution is 2.35. The van der Waals surface area contributed by atoms with Gasteiger partial charge < -0.3 is 20.0 Å². The molecule has 1 aliphatic heterocycles. The second kappa shape index (κ2) is 15.4. The van der Waals surface area contributed by atoms with E-state index in [1.807, 2.05) is 57.8 Å². The summed E-state index contributed by atoms with van der Waals surface area (Å²) in [6, 6.07) is 8.72. The summed E-state index contributed by atoms with van der Waals surface area (Å²) in [6.45, 7) is 17.5. The molecule has 4 amide bonds. The van der Waals surface area contributed by atoms with Gasteiger partial charge >= 0.3 is 0 Å². The van der Waals surface area contributed by atoms with Crippen LogP contribution in [0.25, 0.3) is 0 Å². The van der Waals surface area contributed by atoms with Gasteiger partial charge in [-0.3, -0.25) is 24.1 Å². The number of nitrogens with one attached hydrogen (secondary N) is 1. The van der Waals surface area contributed by atoms with E-state index in [1.54, 1.807) is 35.8 Å². The molecule has 0 saturated carbocycles. The first-order valence-corrected chi connectivity index (χ1v) is 16.2. The third-order valence-corrected chi connectivity index (χ3v) is 9.33. The highest BCUT2D eigenvalue weighted by molar-refractivity contribution is 5.90. The Bertz CT molecular complexity index is 1130. The summed E-state index contributed by atoms with van der Waals surface area (Å²) in [6.07, 6.45) is 2.13. The van der Waals surface area contributed by atoms with Crippen molar-refractivity contribution in [1.82, 2.24) is 24.9 Å². The summed E-state index contributed by atoms with van der Waals surface area (Å²) in [4.78, 5) is 60.9. The lowest BCUT2D eigenvalue weighted by Gasteiger charge is -2.41. The van der Waals surface area contributed by atoms with E-state index in [1.165, 1.54) is 0 Å². The fraction of sp³-hybridized carbons (Fsp3) is 0.714. The van der Waals surface area contributed by atoms with E-state index in [0.717, 1.165) is 12.0 Å². The number of nitrogens with zero attached hydrogens (tertiary/aromatic N) is 4. The van der Waals surface area contributed by atoms with Crippen molar-refractivity contribution in [2.24, 2.45) is 17.3 Å². The number of hydrogen-bond acceptors (Lipinski definition) is 5. The average Bonchev–Trinajstić information content (AvgIpc) is 3.43. The number of likely N-dealkylation sites (tertiary alicyclic amines) is 1. The molecule has 0 bridgehead atoms. The molecular weight excluding hydrogens is 554 g/mol. The van der Waals surface area contributed by atoms with E-state index in [-0.39, 0.29) is 48.1 Å². The molecule has 1 N–H and O–H groups in total. The van der Waals surface area contributed by atoms with E-state index in [4.69, 9.17) is 0 Å². The smallest absolute Gasteiger partial charge is 0.245 e. The SMILES string of the molecule is CC[C@H](C(=O)N[C@H](C(=O)N(C)[C@H](CN(C)CC(=O)N1CCC[C@H]1C(=O)N(C)C)C(C)C)C(C)(C)C)C(C)(C)c1ccccc1. The molecule has 0 aromatic heterocycles. The van der Waals surface area contributed by atoms with Gasteiger partial charge in [-0.1, -0.05) is 85.7 Å². The van der Waals surface area contributed by atoms with Crippen LogP contribution >= 0.6 is 0 Å². The number of amides is 4. The summed E-state index contributed by atoms with van der Waals surface area (Å²) in [5.41, 5.74) is 0.142. The van der Waals surface area contributed by atoms with Crippen molar-refractivity contribution < 1.29 is 19.2 Å². The summed E-state index contributed by atoms with van der Waals surface area (Å²) in [5.74, 6) is -0.607. The summed E-state index contributed by atoms with van der Waals surface area (Å²) in [7, 11) is 7.11. The van der Waals surface area contributed by atoms with Crippen molar-refractivity contribution in [2.75, 3.05) is 47.8 Å². The van der Waals surface area contributed by atoms with Gasteiger partial charge in [0.15, 0.2) is 0 Å². The van der Waals surface area contributed by atoms with Crippen molar-refractivity contribution in [2.45, 2.75) is 98.2 Å². The molecule has 0 radical (unpaired) electrons. The predicted octanol–water partition coefficient (Wildman–Crippen LogP) is 4.02. The van der Waals surface area contributed by atoms with Gasteiger partial charge in [-0.25, -0.2) is 0 Å². The van der Waals surface area contributed by atoms with Gasteiger partial charge in [-0.15, -0.1) is 0 Å². The molecule has 44 heavy (non-hydrogen) atoms. The van der Waals surface area contributed by atoms with E-state index in [2.05, 4.69) is 45.1 Å². The first-order valence-electron chi connectivity index (χ1n) is 16.2. The van der Waals surface area contributed by atoms with Crippen LogP contribution < -0.4 is 5.32 Å². The molecule has 1 aromatic rings. The molecule has 4 atom stereocenters. The molecule has 0 aliphatic carbocycles. The highest BCUT2D eigenvalue weighted by atomic mass is 16.2. The minimum Gasteiger partial charge on any atom is -0.347 e. The number of benzene rings is 1. The minimum absolute atomic E-state index is 0.0448. The molecule has 1 aromatic carbocycles. The van der Waals surface area contributed by atoms with Crippen LogP contribution in [0.3, 0.4) is 0 Å². The Hall–Kier alpha value is -2.94. The van der Waals surface area contributed by atoms with Gasteiger partial charge in [-0.2, -0.15) is 0 Å². The summed E-state index contributed by atoms with van der Waals surface area (Å²) >= 11 is 0. The third kappa shape index (κ3) is 9.05. The Morgan fingerprint density at radius 2 is 1.57 bits per heavy atom. The first-order chi connectivity index (χ1) is 20.3.